The molecule has 0 atom stereocenters. The smallest absolute Gasteiger partial charge is 0.338 e. The minimum absolute atomic E-state index is 0.158. The molecule has 0 aliphatic carbocycles. The van der Waals surface area contributed by atoms with E-state index in [0.29, 0.717) is 39.7 Å². The topological polar surface area (TPSA) is 75.0 Å². The molecular formula is C22H16O6. The summed E-state index contributed by atoms with van der Waals surface area (Å²) in [6, 6.07) is 15.5. The van der Waals surface area contributed by atoms with E-state index in [1.54, 1.807) is 54.6 Å². The van der Waals surface area contributed by atoms with E-state index in [1.807, 2.05) is 6.07 Å². The highest BCUT2D eigenvalue weighted by Gasteiger charge is 2.16. The summed E-state index contributed by atoms with van der Waals surface area (Å²) < 4.78 is 21.1. The quantitative estimate of drug-likeness (QED) is 0.374. The van der Waals surface area contributed by atoms with E-state index in [0.717, 1.165) is 0 Å². The lowest BCUT2D eigenvalue weighted by molar-refractivity contribution is 0.0601. The average molecular weight is 376 g/mol. The van der Waals surface area contributed by atoms with Crippen LogP contribution in [0.1, 0.15) is 26.5 Å². The molecule has 0 fully saturated rings. The Morgan fingerprint density at radius 2 is 1.82 bits per heavy atom. The van der Waals surface area contributed by atoms with Gasteiger partial charge in [0.25, 0.3) is 0 Å². The van der Waals surface area contributed by atoms with Gasteiger partial charge in [0.1, 0.15) is 11.5 Å². The number of hydrogen-bond donors (Lipinski definition) is 0. The van der Waals surface area contributed by atoms with E-state index in [2.05, 4.69) is 0 Å². The maximum Gasteiger partial charge on any atom is 0.338 e. The second-order valence-corrected chi connectivity index (χ2v) is 6.00. The highest BCUT2D eigenvalue weighted by atomic mass is 16.7. The molecule has 6 nitrogen and oxygen atoms in total. The number of rotatable bonds is 5. The van der Waals surface area contributed by atoms with E-state index in [1.165, 1.54) is 13.2 Å². The molecule has 2 aromatic carbocycles. The summed E-state index contributed by atoms with van der Waals surface area (Å²) in [5.41, 5.74) is 1.52. The third kappa shape index (κ3) is 3.40. The highest BCUT2D eigenvalue weighted by molar-refractivity contribution is 6.07. The minimum Gasteiger partial charge on any atom is -0.465 e. The molecule has 6 heteroatoms. The number of ketones is 1. The van der Waals surface area contributed by atoms with Crippen molar-refractivity contribution in [1.82, 2.24) is 0 Å². The fourth-order valence-corrected chi connectivity index (χ4v) is 2.88. The SMILES string of the molecule is COC(=O)c1ccccc1-c1ccc(/C=C/C(=O)c2ccc3c(c2)OCO3)o1. The molecule has 0 bridgehead atoms. The summed E-state index contributed by atoms with van der Waals surface area (Å²) in [6.45, 7) is 0.158. The van der Waals surface area contributed by atoms with Gasteiger partial charge in [0.05, 0.1) is 12.7 Å². The molecule has 0 spiro atoms. The monoisotopic (exact) mass is 376 g/mol. The Bertz CT molecular complexity index is 1080. The van der Waals surface area contributed by atoms with Crippen molar-refractivity contribution in [3.63, 3.8) is 0 Å². The van der Waals surface area contributed by atoms with Crippen LogP contribution in [0.2, 0.25) is 0 Å². The van der Waals surface area contributed by atoms with Crippen molar-refractivity contribution in [3.05, 3.63) is 77.6 Å². The largest absolute Gasteiger partial charge is 0.465 e. The maximum absolute atomic E-state index is 12.4. The molecule has 140 valence electrons. The Balaban J connectivity index is 1.54. The van der Waals surface area contributed by atoms with Gasteiger partial charge in [-0.15, -0.1) is 0 Å². The average Bonchev–Trinajstić information content (AvgIpc) is 3.40. The van der Waals surface area contributed by atoms with Crippen LogP contribution < -0.4 is 9.47 Å². The summed E-state index contributed by atoms with van der Waals surface area (Å²) >= 11 is 0. The molecule has 0 saturated carbocycles. The van der Waals surface area contributed by atoms with E-state index in [-0.39, 0.29) is 12.6 Å². The van der Waals surface area contributed by atoms with Crippen LogP contribution in [0.15, 0.2) is 65.1 Å². The molecule has 0 unspecified atom stereocenters. The van der Waals surface area contributed by atoms with Crippen molar-refractivity contribution in [2.75, 3.05) is 13.9 Å². The molecule has 1 aliphatic rings. The summed E-state index contributed by atoms with van der Waals surface area (Å²) in [5.74, 6) is 1.55. The van der Waals surface area contributed by atoms with Crippen LogP contribution >= 0.6 is 0 Å². The summed E-state index contributed by atoms with van der Waals surface area (Å²) in [4.78, 5) is 24.3. The van der Waals surface area contributed by atoms with Crippen molar-refractivity contribution in [2.45, 2.75) is 0 Å². The lowest BCUT2D eigenvalue weighted by Gasteiger charge is -2.04. The Morgan fingerprint density at radius 3 is 2.68 bits per heavy atom. The van der Waals surface area contributed by atoms with Gasteiger partial charge in [-0.05, 0) is 48.6 Å². The first-order valence-corrected chi connectivity index (χ1v) is 8.55. The number of allylic oxidation sites excluding steroid dienone is 1. The molecule has 28 heavy (non-hydrogen) atoms. The number of furan rings is 1. The van der Waals surface area contributed by atoms with Crippen LogP contribution in [0, 0.1) is 0 Å². The molecule has 0 amide bonds. The lowest BCUT2D eigenvalue weighted by atomic mass is 10.1. The lowest BCUT2D eigenvalue weighted by Crippen LogP contribution is -2.02. The Labute approximate surface area is 160 Å². The number of methoxy groups -OCH3 is 1. The first-order chi connectivity index (χ1) is 13.7. The second kappa shape index (κ2) is 7.44. The number of benzene rings is 2. The maximum atomic E-state index is 12.4. The van der Waals surface area contributed by atoms with Gasteiger partial charge in [-0.2, -0.15) is 0 Å². The number of fused-ring (bicyclic) bond motifs is 1. The second-order valence-electron chi connectivity index (χ2n) is 6.00. The fraction of sp³-hybridized carbons (Fsp3) is 0.0909. The van der Waals surface area contributed by atoms with Gasteiger partial charge >= 0.3 is 5.97 Å². The Morgan fingerprint density at radius 1 is 1.00 bits per heavy atom. The van der Waals surface area contributed by atoms with Gasteiger partial charge < -0.3 is 18.6 Å². The van der Waals surface area contributed by atoms with Gasteiger partial charge in [-0.3, -0.25) is 4.79 Å². The third-order valence-corrected chi connectivity index (χ3v) is 4.28. The van der Waals surface area contributed by atoms with Crippen molar-refractivity contribution in [1.29, 1.82) is 0 Å². The summed E-state index contributed by atoms with van der Waals surface area (Å²) in [7, 11) is 1.33. The third-order valence-electron chi connectivity index (χ3n) is 4.28. The van der Waals surface area contributed by atoms with E-state index >= 15 is 0 Å². The van der Waals surface area contributed by atoms with Gasteiger partial charge in [0, 0.05) is 11.1 Å². The van der Waals surface area contributed by atoms with Crippen LogP contribution in [-0.2, 0) is 4.74 Å². The van der Waals surface area contributed by atoms with Crippen LogP contribution in [0.3, 0.4) is 0 Å². The number of carbonyl (C=O) groups excluding carboxylic acids is 2. The van der Waals surface area contributed by atoms with Gasteiger partial charge in [-0.25, -0.2) is 4.79 Å². The first kappa shape index (κ1) is 17.6. The zero-order chi connectivity index (χ0) is 19.5. The predicted octanol–water partition coefficient (Wildman–Crippen LogP) is 4.36. The van der Waals surface area contributed by atoms with Crippen molar-refractivity contribution < 1.29 is 28.2 Å². The van der Waals surface area contributed by atoms with Crippen molar-refractivity contribution in [2.24, 2.45) is 0 Å². The van der Waals surface area contributed by atoms with Crippen molar-refractivity contribution >= 4 is 17.8 Å². The van der Waals surface area contributed by atoms with Crippen LogP contribution in [0.5, 0.6) is 11.5 Å². The zero-order valence-electron chi connectivity index (χ0n) is 15.0. The van der Waals surface area contributed by atoms with Crippen LogP contribution in [-0.4, -0.2) is 25.7 Å². The Hall–Kier alpha value is -3.80. The number of hydrogen-bond acceptors (Lipinski definition) is 6. The number of ether oxygens (including phenoxy) is 3. The Kier molecular flexibility index (Phi) is 4.68. The molecule has 0 N–H and O–H groups in total. The van der Waals surface area contributed by atoms with Gasteiger partial charge in [-0.1, -0.05) is 18.2 Å². The number of esters is 1. The molecular weight excluding hydrogens is 360 g/mol. The molecule has 0 saturated heterocycles. The van der Waals surface area contributed by atoms with Gasteiger partial charge in [0.2, 0.25) is 6.79 Å². The van der Waals surface area contributed by atoms with Crippen LogP contribution in [0.25, 0.3) is 17.4 Å². The predicted molar refractivity (Wildman–Crippen MR) is 101 cm³/mol. The molecule has 1 aromatic heterocycles. The molecule has 3 aromatic rings. The molecule has 1 aliphatic heterocycles. The first-order valence-electron chi connectivity index (χ1n) is 8.55. The van der Waals surface area contributed by atoms with E-state index in [9.17, 15) is 9.59 Å². The van der Waals surface area contributed by atoms with E-state index < -0.39 is 5.97 Å². The van der Waals surface area contributed by atoms with E-state index in [4.69, 9.17) is 18.6 Å². The number of carbonyl (C=O) groups is 2. The normalized spacial score (nSPS) is 12.3. The zero-order valence-corrected chi connectivity index (χ0v) is 15.0. The summed E-state index contributed by atoms with van der Waals surface area (Å²) in [5, 5.41) is 0. The van der Waals surface area contributed by atoms with Crippen molar-refractivity contribution in [3.8, 4) is 22.8 Å². The van der Waals surface area contributed by atoms with Gasteiger partial charge in [0.15, 0.2) is 17.3 Å². The minimum atomic E-state index is -0.443. The summed E-state index contributed by atoms with van der Waals surface area (Å²) in [6.07, 6.45) is 3.00. The molecule has 4 rings (SSSR count). The fourth-order valence-electron chi connectivity index (χ4n) is 2.88. The molecule has 2 heterocycles. The van der Waals surface area contributed by atoms with Crippen LogP contribution in [0.4, 0.5) is 0 Å². The molecule has 0 radical (unpaired) electrons. The standard InChI is InChI=1S/C22H16O6/c1-25-22(24)17-5-3-2-4-16(17)19-11-8-15(28-19)7-9-18(23)14-6-10-20-21(12-14)27-13-26-20/h2-12H,13H2,1H3/b9-7+. The highest BCUT2D eigenvalue weighted by Crippen LogP contribution is 2.33.